The van der Waals surface area contributed by atoms with Crippen molar-refractivity contribution in [1.29, 1.82) is 0 Å². The van der Waals surface area contributed by atoms with Gasteiger partial charge in [0.2, 0.25) is 0 Å². The third-order valence-electron chi connectivity index (χ3n) is 4.42. The van der Waals surface area contributed by atoms with Crippen molar-refractivity contribution in [2.45, 2.75) is 25.4 Å². The zero-order chi connectivity index (χ0) is 16.5. The van der Waals surface area contributed by atoms with Gasteiger partial charge in [0.05, 0.1) is 18.9 Å². The molecule has 0 spiro atoms. The largest absolute Gasteiger partial charge is 0.493 e. The van der Waals surface area contributed by atoms with E-state index in [0.29, 0.717) is 13.2 Å². The number of anilines is 1. The second kappa shape index (κ2) is 6.14. The molecule has 0 fully saturated rings. The van der Waals surface area contributed by atoms with Crippen LogP contribution in [0.15, 0.2) is 48.5 Å². The summed E-state index contributed by atoms with van der Waals surface area (Å²) in [6, 6.07) is 15.0. The Morgan fingerprint density at radius 2 is 1.96 bits per heavy atom. The molecule has 6 heteroatoms. The van der Waals surface area contributed by atoms with Crippen molar-refractivity contribution in [3.8, 4) is 5.75 Å². The number of primary amides is 1. The number of carbonyl (C=O) groups excluding carboxylic acids is 1. The predicted octanol–water partition coefficient (Wildman–Crippen LogP) is 2.50. The van der Waals surface area contributed by atoms with E-state index in [1.165, 1.54) is 4.90 Å². The molecule has 2 unspecified atom stereocenters. The first kappa shape index (κ1) is 15.0. The average molecular weight is 325 g/mol. The fourth-order valence-electron chi connectivity index (χ4n) is 3.28. The minimum atomic E-state index is -0.603. The van der Waals surface area contributed by atoms with Gasteiger partial charge in [0.25, 0.3) is 0 Å². The molecule has 0 radical (unpaired) electrons. The van der Waals surface area contributed by atoms with Gasteiger partial charge in [0.1, 0.15) is 5.75 Å². The van der Waals surface area contributed by atoms with E-state index in [0.717, 1.165) is 29.0 Å². The standard InChI is InChI=1S/C18H19N3O3/c19-17(22)21-15-7-3-1-5-12(15)11-24-18(21)20-14-9-10-23-16-8-4-2-6-13(14)16/h1-8,14,18,20H,9-11H2,(H2,19,22). The highest BCUT2D eigenvalue weighted by Crippen LogP contribution is 2.34. The number of nitrogens with zero attached hydrogens (tertiary/aromatic N) is 1. The van der Waals surface area contributed by atoms with Gasteiger partial charge < -0.3 is 15.2 Å². The Balaban J connectivity index is 1.62. The maximum Gasteiger partial charge on any atom is 0.322 e. The lowest BCUT2D eigenvalue weighted by atomic mass is 10.0. The summed E-state index contributed by atoms with van der Waals surface area (Å²) < 4.78 is 11.6. The zero-order valence-electron chi connectivity index (χ0n) is 13.1. The number of carbonyl (C=O) groups is 1. The molecular weight excluding hydrogens is 306 g/mol. The molecular formula is C18H19N3O3. The van der Waals surface area contributed by atoms with E-state index in [-0.39, 0.29) is 6.04 Å². The van der Waals surface area contributed by atoms with E-state index in [4.69, 9.17) is 15.2 Å². The van der Waals surface area contributed by atoms with Crippen molar-refractivity contribution in [1.82, 2.24) is 5.32 Å². The highest BCUT2D eigenvalue weighted by Gasteiger charge is 2.33. The molecule has 2 heterocycles. The number of ether oxygens (including phenoxy) is 2. The molecule has 124 valence electrons. The number of urea groups is 1. The minimum Gasteiger partial charge on any atom is -0.493 e. The molecule has 0 bridgehead atoms. The van der Waals surface area contributed by atoms with Crippen LogP contribution < -0.4 is 20.7 Å². The zero-order valence-corrected chi connectivity index (χ0v) is 13.1. The normalized spacial score (nSPS) is 22.2. The van der Waals surface area contributed by atoms with Crippen LogP contribution >= 0.6 is 0 Å². The molecule has 0 aromatic heterocycles. The SMILES string of the molecule is NC(=O)N1c2ccccc2COC1NC1CCOc2ccccc21. The first-order valence-corrected chi connectivity index (χ1v) is 8.00. The smallest absolute Gasteiger partial charge is 0.322 e. The van der Waals surface area contributed by atoms with E-state index in [1.807, 2.05) is 48.5 Å². The number of amides is 2. The molecule has 2 aliphatic heterocycles. The van der Waals surface area contributed by atoms with E-state index in [1.54, 1.807) is 0 Å². The van der Waals surface area contributed by atoms with Crippen molar-refractivity contribution in [3.05, 3.63) is 59.7 Å². The average Bonchev–Trinajstić information content (AvgIpc) is 2.61. The van der Waals surface area contributed by atoms with Crippen LogP contribution in [0, 0.1) is 0 Å². The van der Waals surface area contributed by atoms with Crippen LogP contribution in [0.25, 0.3) is 0 Å². The van der Waals surface area contributed by atoms with Crippen LogP contribution in [0.3, 0.4) is 0 Å². The number of benzene rings is 2. The summed E-state index contributed by atoms with van der Waals surface area (Å²) in [4.78, 5) is 13.5. The van der Waals surface area contributed by atoms with Gasteiger partial charge in [-0.15, -0.1) is 0 Å². The maximum absolute atomic E-state index is 12.0. The van der Waals surface area contributed by atoms with Gasteiger partial charge in [0.15, 0.2) is 6.35 Å². The summed E-state index contributed by atoms with van der Waals surface area (Å²) in [7, 11) is 0. The van der Waals surface area contributed by atoms with Crippen LogP contribution in [0.2, 0.25) is 0 Å². The first-order chi connectivity index (χ1) is 11.7. The lowest BCUT2D eigenvalue weighted by molar-refractivity contribution is 0.000841. The molecule has 2 aromatic carbocycles. The Hall–Kier alpha value is -2.57. The lowest BCUT2D eigenvalue weighted by Gasteiger charge is -2.39. The van der Waals surface area contributed by atoms with Gasteiger partial charge >= 0.3 is 6.03 Å². The summed E-state index contributed by atoms with van der Waals surface area (Å²) in [5.74, 6) is 0.864. The van der Waals surface area contributed by atoms with Crippen molar-refractivity contribution >= 4 is 11.7 Å². The van der Waals surface area contributed by atoms with Gasteiger partial charge in [-0.1, -0.05) is 36.4 Å². The van der Waals surface area contributed by atoms with Gasteiger partial charge in [-0.3, -0.25) is 10.2 Å². The third kappa shape index (κ3) is 2.60. The molecule has 3 N–H and O–H groups in total. The van der Waals surface area contributed by atoms with Gasteiger partial charge in [-0.05, 0) is 12.1 Å². The molecule has 0 saturated heterocycles. The second-order valence-electron chi connectivity index (χ2n) is 5.89. The number of rotatable bonds is 2. The third-order valence-corrected chi connectivity index (χ3v) is 4.42. The van der Waals surface area contributed by atoms with Crippen molar-refractivity contribution in [2.24, 2.45) is 5.73 Å². The molecule has 2 aliphatic rings. The molecule has 4 rings (SSSR count). The van der Waals surface area contributed by atoms with E-state index >= 15 is 0 Å². The van der Waals surface area contributed by atoms with Crippen LogP contribution in [0.5, 0.6) is 5.75 Å². The summed E-state index contributed by atoms with van der Waals surface area (Å²) in [6.45, 7) is 1.05. The Kier molecular flexibility index (Phi) is 3.84. The Labute approximate surface area is 140 Å². The summed E-state index contributed by atoms with van der Waals surface area (Å²) >= 11 is 0. The predicted molar refractivity (Wildman–Crippen MR) is 89.5 cm³/mol. The van der Waals surface area contributed by atoms with Crippen LogP contribution in [0.4, 0.5) is 10.5 Å². The molecule has 0 saturated carbocycles. The van der Waals surface area contributed by atoms with E-state index in [2.05, 4.69) is 5.32 Å². The van der Waals surface area contributed by atoms with E-state index < -0.39 is 12.4 Å². The number of hydrogen-bond donors (Lipinski definition) is 2. The minimum absolute atomic E-state index is 0.0343. The van der Waals surface area contributed by atoms with Crippen LogP contribution in [0.1, 0.15) is 23.6 Å². The number of nitrogens with two attached hydrogens (primary N) is 1. The van der Waals surface area contributed by atoms with Crippen molar-refractivity contribution < 1.29 is 14.3 Å². The number of para-hydroxylation sites is 2. The monoisotopic (exact) mass is 325 g/mol. The molecule has 2 amide bonds. The van der Waals surface area contributed by atoms with Crippen LogP contribution in [-0.2, 0) is 11.3 Å². The number of hydrogen-bond acceptors (Lipinski definition) is 4. The summed E-state index contributed by atoms with van der Waals surface area (Å²) in [5, 5.41) is 3.41. The lowest BCUT2D eigenvalue weighted by Crippen LogP contribution is -2.56. The Morgan fingerprint density at radius 1 is 1.17 bits per heavy atom. The Bertz CT molecular complexity index is 765. The van der Waals surface area contributed by atoms with Gasteiger partial charge in [-0.2, -0.15) is 0 Å². The summed E-state index contributed by atoms with van der Waals surface area (Å²) in [5.41, 5.74) is 8.41. The highest BCUT2D eigenvalue weighted by molar-refractivity contribution is 5.92. The Morgan fingerprint density at radius 3 is 2.83 bits per heavy atom. The van der Waals surface area contributed by atoms with Crippen molar-refractivity contribution in [3.63, 3.8) is 0 Å². The number of nitrogens with one attached hydrogen (secondary N) is 1. The molecule has 6 nitrogen and oxygen atoms in total. The molecule has 2 atom stereocenters. The molecule has 24 heavy (non-hydrogen) atoms. The van der Waals surface area contributed by atoms with Crippen LogP contribution in [-0.4, -0.2) is 19.0 Å². The van der Waals surface area contributed by atoms with E-state index in [9.17, 15) is 4.79 Å². The molecule has 2 aromatic rings. The molecule has 0 aliphatic carbocycles. The fourth-order valence-corrected chi connectivity index (χ4v) is 3.28. The second-order valence-corrected chi connectivity index (χ2v) is 5.89. The highest BCUT2D eigenvalue weighted by atomic mass is 16.5. The quantitative estimate of drug-likeness (QED) is 0.889. The van der Waals surface area contributed by atoms with Crippen molar-refractivity contribution in [2.75, 3.05) is 11.5 Å². The van der Waals surface area contributed by atoms with Gasteiger partial charge in [0, 0.05) is 23.6 Å². The first-order valence-electron chi connectivity index (χ1n) is 8.00. The fraction of sp³-hybridized carbons (Fsp3) is 0.278. The van der Waals surface area contributed by atoms with Gasteiger partial charge in [-0.25, -0.2) is 4.79 Å². The topological polar surface area (TPSA) is 76.8 Å². The summed E-state index contributed by atoms with van der Waals surface area (Å²) in [6.07, 6.45) is 0.194. The maximum atomic E-state index is 12.0. The number of fused-ring (bicyclic) bond motifs is 2.